The summed E-state index contributed by atoms with van der Waals surface area (Å²) in [6, 6.07) is 5.04. The van der Waals surface area contributed by atoms with E-state index in [0.717, 1.165) is 31.4 Å². The van der Waals surface area contributed by atoms with E-state index in [1.807, 2.05) is 6.07 Å². The molecule has 98 valence electrons. The highest BCUT2D eigenvalue weighted by Gasteiger charge is 2.21. The van der Waals surface area contributed by atoms with Crippen LogP contribution in [0.3, 0.4) is 0 Å². The second-order valence-corrected chi connectivity index (χ2v) is 4.77. The van der Waals surface area contributed by atoms with Crippen molar-refractivity contribution in [1.82, 2.24) is 10.6 Å². The van der Waals surface area contributed by atoms with Gasteiger partial charge in [-0.1, -0.05) is 12.1 Å². The van der Waals surface area contributed by atoms with Crippen molar-refractivity contribution >= 4 is 5.91 Å². The molecule has 0 radical (unpaired) electrons. The molecule has 1 saturated heterocycles. The number of rotatable bonds is 4. The molecular formula is C14H19FN2O. The maximum atomic E-state index is 13.1. The Kier molecular flexibility index (Phi) is 4.31. The average molecular weight is 250 g/mol. The second-order valence-electron chi connectivity index (χ2n) is 4.77. The van der Waals surface area contributed by atoms with E-state index < -0.39 is 0 Å². The first-order chi connectivity index (χ1) is 8.66. The second kappa shape index (κ2) is 5.96. The quantitative estimate of drug-likeness (QED) is 0.851. The van der Waals surface area contributed by atoms with Gasteiger partial charge in [-0.15, -0.1) is 0 Å². The third-order valence-corrected chi connectivity index (χ3v) is 3.31. The summed E-state index contributed by atoms with van der Waals surface area (Å²) in [4.78, 5) is 11.7. The minimum absolute atomic E-state index is 0.0278. The van der Waals surface area contributed by atoms with E-state index in [2.05, 4.69) is 10.6 Å². The van der Waals surface area contributed by atoms with Crippen LogP contribution in [0, 0.1) is 12.7 Å². The molecule has 1 aromatic rings. The molecule has 0 saturated carbocycles. The number of nitrogens with one attached hydrogen (secondary N) is 2. The number of hydrogen-bond donors (Lipinski definition) is 2. The Balaban J connectivity index is 1.77. The summed E-state index contributed by atoms with van der Waals surface area (Å²) >= 11 is 0. The fraction of sp³-hybridized carbons (Fsp3) is 0.500. The van der Waals surface area contributed by atoms with E-state index in [-0.39, 0.29) is 17.8 Å². The number of halogens is 1. The van der Waals surface area contributed by atoms with Crippen molar-refractivity contribution in [2.45, 2.75) is 32.2 Å². The normalized spacial score (nSPS) is 18.9. The van der Waals surface area contributed by atoms with Crippen molar-refractivity contribution in [3.05, 3.63) is 35.1 Å². The highest BCUT2D eigenvalue weighted by atomic mass is 19.1. The van der Waals surface area contributed by atoms with Gasteiger partial charge < -0.3 is 10.6 Å². The SMILES string of the molecule is Cc1cc(CCNC(=O)[C@H]2CCCN2)ccc1F. The number of carbonyl (C=O) groups is 1. The predicted octanol–water partition coefficient (Wildman–Crippen LogP) is 1.54. The van der Waals surface area contributed by atoms with Gasteiger partial charge in [0.25, 0.3) is 0 Å². The van der Waals surface area contributed by atoms with Crippen molar-refractivity contribution in [2.24, 2.45) is 0 Å². The predicted molar refractivity (Wildman–Crippen MR) is 68.9 cm³/mol. The molecule has 1 aliphatic rings. The summed E-state index contributed by atoms with van der Waals surface area (Å²) in [7, 11) is 0. The summed E-state index contributed by atoms with van der Waals surface area (Å²) in [5.74, 6) is -0.107. The summed E-state index contributed by atoms with van der Waals surface area (Å²) in [6.07, 6.45) is 2.72. The zero-order chi connectivity index (χ0) is 13.0. The molecule has 0 bridgehead atoms. The van der Waals surface area contributed by atoms with Gasteiger partial charge >= 0.3 is 0 Å². The molecule has 1 aromatic carbocycles. The number of hydrogen-bond acceptors (Lipinski definition) is 2. The topological polar surface area (TPSA) is 41.1 Å². The largest absolute Gasteiger partial charge is 0.354 e. The first-order valence-electron chi connectivity index (χ1n) is 6.43. The molecule has 0 unspecified atom stereocenters. The molecular weight excluding hydrogens is 231 g/mol. The smallest absolute Gasteiger partial charge is 0.237 e. The first-order valence-corrected chi connectivity index (χ1v) is 6.43. The standard InChI is InChI=1S/C14H19FN2O/c1-10-9-11(4-5-12(10)15)6-8-17-14(18)13-3-2-7-16-13/h4-5,9,13,16H,2-3,6-8H2,1H3,(H,17,18)/t13-/m1/s1. The lowest BCUT2D eigenvalue weighted by atomic mass is 10.1. The Hall–Kier alpha value is -1.42. The fourth-order valence-corrected chi connectivity index (χ4v) is 2.22. The van der Waals surface area contributed by atoms with Crippen LogP contribution in [-0.4, -0.2) is 25.0 Å². The van der Waals surface area contributed by atoms with Gasteiger partial charge in [0.2, 0.25) is 5.91 Å². The van der Waals surface area contributed by atoms with E-state index in [1.54, 1.807) is 13.0 Å². The zero-order valence-corrected chi connectivity index (χ0v) is 10.6. The number of amides is 1. The summed E-state index contributed by atoms with van der Waals surface area (Å²) in [5, 5.41) is 6.07. The first kappa shape index (κ1) is 13.0. The summed E-state index contributed by atoms with van der Waals surface area (Å²) in [5.41, 5.74) is 1.70. The fourth-order valence-electron chi connectivity index (χ4n) is 2.22. The Bertz CT molecular complexity index is 428. The van der Waals surface area contributed by atoms with Crippen LogP contribution in [0.25, 0.3) is 0 Å². The van der Waals surface area contributed by atoms with Crippen LogP contribution in [0.5, 0.6) is 0 Å². The van der Waals surface area contributed by atoms with Gasteiger partial charge in [0.05, 0.1) is 6.04 Å². The molecule has 18 heavy (non-hydrogen) atoms. The lowest BCUT2D eigenvalue weighted by molar-refractivity contribution is -0.122. The molecule has 1 aliphatic heterocycles. The lowest BCUT2D eigenvalue weighted by Gasteiger charge is -2.11. The summed E-state index contributed by atoms with van der Waals surface area (Å²) in [6.45, 7) is 3.27. The van der Waals surface area contributed by atoms with Gasteiger partial charge in [-0.2, -0.15) is 0 Å². The van der Waals surface area contributed by atoms with Crippen molar-refractivity contribution in [3.63, 3.8) is 0 Å². The van der Waals surface area contributed by atoms with Crippen LogP contribution in [0.1, 0.15) is 24.0 Å². The van der Waals surface area contributed by atoms with Crippen LogP contribution >= 0.6 is 0 Å². The highest BCUT2D eigenvalue weighted by molar-refractivity contribution is 5.81. The van der Waals surface area contributed by atoms with Gasteiger partial charge in [0.15, 0.2) is 0 Å². The molecule has 1 fully saturated rings. The Morgan fingerprint density at radius 1 is 1.56 bits per heavy atom. The number of carbonyl (C=O) groups excluding carboxylic acids is 1. The van der Waals surface area contributed by atoms with Gasteiger partial charge in [-0.3, -0.25) is 4.79 Å². The molecule has 1 heterocycles. The molecule has 0 aliphatic carbocycles. The molecule has 4 heteroatoms. The van der Waals surface area contributed by atoms with Crippen LogP contribution in [0.15, 0.2) is 18.2 Å². The van der Waals surface area contributed by atoms with Crippen LogP contribution in [-0.2, 0) is 11.2 Å². The minimum Gasteiger partial charge on any atom is -0.354 e. The number of benzene rings is 1. The maximum absolute atomic E-state index is 13.1. The molecule has 0 spiro atoms. The molecule has 2 rings (SSSR count). The van der Waals surface area contributed by atoms with Crippen LogP contribution in [0.2, 0.25) is 0 Å². The monoisotopic (exact) mass is 250 g/mol. The third-order valence-electron chi connectivity index (χ3n) is 3.31. The molecule has 0 aromatic heterocycles. The van der Waals surface area contributed by atoms with Crippen molar-refractivity contribution in [2.75, 3.05) is 13.1 Å². The Labute approximate surface area is 107 Å². The zero-order valence-electron chi connectivity index (χ0n) is 10.6. The average Bonchev–Trinajstić information content (AvgIpc) is 2.87. The Morgan fingerprint density at radius 3 is 3.06 bits per heavy atom. The maximum Gasteiger partial charge on any atom is 0.237 e. The van der Waals surface area contributed by atoms with Crippen molar-refractivity contribution in [1.29, 1.82) is 0 Å². The van der Waals surface area contributed by atoms with Crippen LogP contribution < -0.4 is 10.6 Å². The van der Waals surface area contributed by atoms with E-state index in [0.29, 0.717) is 12.1 Å². The van der Waals surface area contributed by atoms with Crippen LogP contribution in [0.4, 0.5) is 4.39 Å². The third kappa shape index (κ3) is 3.29. The van der Waals surface area contributed by atoms with E-state index in [9.17, 15) is 9.18 Å². The van der Waals surface area contributed by atoms with Gasteiger partial charge in [0, 0.05) is 6.54 Å². The van der Waals surface area contributed by atoms with Crippen molar-refractivity contribution in [3.8, 4) is 0 Å². The van der Waals surface area contributed by atoms with Gasteiger partial charge in [0.1, 0.15) is 5.82 Å². The molecule has 3 nitrogen and oxygen atoms in total. The van der Waals surface area contributed by atoms with E-state index in [4.69, 9.17) is 0 Å². The van der Waals surface area contributed by atoms with Gasteiger partial charge in [-0.05, 0) is 49.9 Å². The number of aryl methyl sites for hydroxylation is 1. The molecule has 1 amide bonds. The minimum atomic E-state index is -0.182. The molecule has 1 atom stereocenters. The van der Waals surface area contributed by atoms with E-state index >= 15 is 0 Å². The summed E-state index contributed by atoms with van der Waals surface area (Å²) < 4.78 is 13.1. The van der Waals surface area contributed by atoms with E-state index in [1.165, 1.54) is 6.07 Å². The molecule has 2 N–H and O–H groups in total. The Morgan fingerprint density at radius 2 is 2.39 bits per heavy atom. The highest BCUT2D eigenvalue weighted by Crippen LogP contribution is 2.09. The van der Waals surface area contributed by atoms with Crippen molar-refractivity contribution < 1.29 is 9.18 Å². The lowest BCUT2D eigenvalue weighted by Crippen LogP contribution is -2.41. The van der Waals surface area contributed by atoms with Gasteiger partial charge in [-0.25, -0.2) is 4.39 Å².